The monoisotopic (exact) mass is 292 g/mol. The van der Waals surface area contributed by atoms with Gasteiger partial charge in [-0.3, -0.25) is 10.1 Å². The highest BCUT2D eigenvalue weighted by molar-refractivity contribution is 6.32. The zero-order chi connectivity index (χ0) is 12.6. The lowest BCUT2D eigenvalue weighted by Gasteiger charge is -2.31. The fourth-order valence-electron chi connectivity index (χ4n) is 2.09. The van der Waals surface area contributed by atoms with E-state index in [4.69, 9.17) is 17.3 Å². The van der Waals surface area contributed by atoms with Gasteiger partial charge in [-0.1, -0.05) is 18.0 Å². The topological polar surface area (TPSA) is 89.4 Å². The van der Waals surface area contributed by atoms with E-state index < -0.39 is 11.0 Å². The molecule has 2 rings (SSSR count). The number of nitrogens with zero attached hydrogens (tertiary/aromatic N) is 1. The van der Waals surface area contributed by atoms with Gasteiger partial charge in [0.2, 0.25) is 0 Å². The third kappa shape index (κ3) is 2.53. The van der Waals surface area contributed by atoms with Crippen LogP contribution < -0.4 is 5.73 Å². The highest BCUT2D eigenvalue weighted by atomic mass is 35.5. The van der Waals surface area contributed by atoms with E-state index >= 15 is 0 Å². The average molecular weight is 293 g/mol. The zero-order valence-corrected chi connectivity index (χ0v) is 11.1. The number of halogens is 2. The number of nitrogens with two attached hydrogens (primary N) is 1. The molecule has 1 aromatic carbocycles. The lowest BCUT2D eigenvalue weighted by atomic mass is 9.77. The van der Waals surface area contributed by atoms with Gasteiger partial charge in [0.1, 0.15) is 5.75 Å². The Morgan fingerprint density at radius 3 is 2.56 bits per heavy atom. The fourth-order valence-corrected chi connectivity index (χ4v) is 2.26. The number of nitro benzene ring substituents is 1. The lowest BCUT2D eigenvalue weighted by molar-refractivity contribution is -0.385. The molecule has 0 heterocycles. The molecule has 100 valence electrons. The maximum Gasteiger partial charge on any atom is 0.278 e. The molecule has 7 heteroatoms. The molecule has 1 fully saturated rings. The van der Waals surface area contributed by atoms with Gasteiger partial charge < -0.3 is 10.8 Å². The molecule has 5 nitrogen and oxygen atoms in total. The van der Waals surface area contributed by atoms with Crippen LogP contribution in [0.15, 0.2) is 12.1 Å². The summed E-state index contributed by atoms with van der Waals surface area (Å²) in [4.78, 5) is 10.4. The van der Waals surface area contributed by atoms with Crippen LogP contribution in [0.4, 0.5) is 5.69 Å². The first-order valence-electron chi connectivity index (χ1n) is 5.43. The van der Waals surface area contributed by atoms with Crippen molar-refractivity contribution < 1.29 is 10.0 Å². The Morgan fingerprint density at radius 1 is 1.50 bits per heavy atom. The second-order valence-electron chi connectivity index (χ2n) is 4.30. The van der Waals surface area contributed by atoms with Crippen LogP contribution in [0, 0.1) is 16.0 Å². The van der Waals surface area contributed by atoms with Crippen molar-refractivity contribution in [1.29, 1.82) is 0 Å². The Hall–Kier alpha value is -1.04. The van der Waals surface area contributed by atoms with Crippen LogP contribution >= 0.6 is 24.0 Å². The number of benzene rings is 1. The van der Waals surface area contributed by atoms with Gasteiger partial charge >= 0.3 is 0 Å². The number of hydrogen-bond donors (Lipinski definition) is 2. The van der Waals surface area contributed by atoms with E-state index in [1.807, 2.05) is 0 Å². The van der Waals surface area contributed by atoms with Crippen LogP contribution in [0.25, 0.3) is 0 Å². The van der Waals surface area contributed by atoms with E-state index in [2.05, 4.69) is 0 Å². The van der Waals surface area contributed by atoms with Crippen molar-refractivity contribution in [2.24, 2.45) is 11.7 Å². The molecule has 0 radical (unpaired) electrons. The van der Waals surface area contributed by atoms with Crippen LogP contribution in [-0.2, 0) is 0 Å². The standard InChI is InChI=1S/C11H13ClN2O3.ClH/c12-7-4-5-8(14(16)17)9(11(7)15)10(13)6-2-1-3-6;/h4-6,10,15H,1-3,13H2;1H/t10-;/m0./s1. The smallest absolute Gasteiger partial charge is 0.278 e. The summed E-state index contributed by atoms with van der Waals surface area (Å²) in [7, 11) is 0. The van der Waals surface area contributed by atoms with E-state index in [1.54, 1.807) is 0 Å². The minimum absolute atomic E-state index is 0. The number of rotatable bonds is 3. The van der Waals surface area contributed by atoms with Crippen molar-refractivity contribution in [3.63, 3.8) is 0 Å². The molecule has 1 aliphatic rings. The van der Waals surface area contributed by atoms with Gasteiger partial charge in [-0.2, -0.15) is 0 Å². The van der Waals surface area contributed by atoms with Crippen molar-refractivity contribution in [2.45, 2.75) is 25.3 Å². The van der Waals surface area contributed by atoms with Crippen molar-refractivity contribution in [3.05, 3.63) is 32.8 Å². The Kier molecular flexibility index (Phi) is 4.78. The molecule has 0 amide bonds. The Balaban J connectivity index is 0.00000162. The van der Waals surface area contributed by atoms with Gasteiger partial charge in [0.05, 0.1) is 15.5 Å². The van der Waals surface area contributed by atoms with Gasteiger partial charge in [0.15, 0.2) is 0 Å². The first kappa shape index (κ1) is 15.0. The van der Waals surface area contributed by atoms with E-state index in [1.165, 1.54) is 12.1 Å². The van der Waals surface area contributed by atoms with E-state index in [9.17, 15) is 15.2 Å². The van der Waals surface area contributed by atoms with Crippen molar-refractivity contribution >= 4 is 29.7 Å². The first-order valence-corrected chi connectivity index (χ1v) is 5.81. The van der Waals surface area contributed by atoms with Crippen molar-refractivity contribution in [2.75, 3.05) is 0 Å². The Morgan fingerprint density at radius 2 is 2.11 bits per heavy atom. The molecule has 0 spiro atoms. The Labute approximate surface area is 115 Å². The number of hydrogen-bond acceptors (Lipinski definition) is 4. The van der Waals surface area contributed by atoms with E-state index in [-0.39, 0.29) is 40.3 Å². The zero-order valence-electron chi connectivity index (χ0n) is 9.51. The van der Waals surface area contributed by atoms with Gasteiger partial charge in [-0.15, -0.1) is 12.4 Å². The molecule has 3 N–H and O–H groups in total. The molecule has 18 heavy (non-hydrogen) atoms. The van der Waals surface area contributed by atoms with Gasteiger partial charge in [-0.05, 0) is 24.8 Å². The molecule has 0 unspecified atom stereocenters. The van der Waals surface area contributed by atoms with Gasteiger partial charge in [0, 0.05) is 12.1 Å². The second kappa shape index (κ2) is 5.73. The molecule has 1 saturated carbocycles. The lowest BCUT2D eigenvalue weighted by Crippen LogP contribution is -2.27. The van der Waals surface area contributed by atoms with Crippen LogP contribution in [0.2, 0.25) is 5.02 Å². The fraction of sp³-hybridized carbons (Fsp3) is 0.455. The van der Waals surface area contributed by atoms with Crippen LogP contribution in [0.3, 0.4) is 0 Å². The highest BCUT2D eigenvalue weighted by Gasteiger charge is 2.33. The normalized spacial score (nSPS) is 16.6. The molecule has 0 bridgehead atoms. The SMILES string of the molecule is Cl.N[C@H](c1c([N+](=O)[O-])ccc(Cl)c1O)C1CCC1. The summed E-state index contributed by atoms with van der Waals surface area (Å²) in [6, 6.07) is 2.07. The number of phenolic OH excluding ortho intramolecular Hbond substituents is 1. The van der Waals surface area contributed by atoms with Crippen molar-refractivity contribution in [1.82, 2.24) is 0 Å². The maximum atomic E-state index is 10.9. The van der Waals surface area contributed by atoms with Crippen LogP contribution in [-0.4, -0.2) is 10.0 Å². The first-order chi connectivity index (χ1) is 8.02. The minimum Gasteiger partial charge on any atom is -0.506 e. The number of phenols is 1. The molecule has 1 atom stereocenters. The van der Waals surface area contributed by atoms with E-state index in [0.717, 1.165) is 19.3 Å². The summed E-state index contributed by atoms with van der Waals surface area (Å²) >= 11 is 5.77. The summed E-state index contributed by atoms with van der Waals surface area (Å²) in [5.41, 5.74) is 5.98. The third-order valence-corrected chi connectivity index (χ3v) is 3.64. The maximum absolute atomic E-state index is 10.9. The summed E-state index contributed by atoms with van der Waals surface area (Å²) in [6.07, 6.45) is 2.95. The molecule has 0 saturated heterocycles. The largest absolute Gasteiger partial charge is 0.506 e. The summed E-state index contributed by atoms with van der Waals surface area (Å²) in [6.45, 7) is 0. The molecular weight excluding hydrogens is 279 g/mol. The van der Waals surface area contributed by atoms with Crippen molar-refractivity contribution in [3.8, 4) is 5.75 Å². The second-order valence-corrected chi connectivity index (χ2v) is 4.71. The molecular formula is C11H14Cl2N2O3. The average Bonchev–Trinajstić information content (AvgIpc) is 2.18. The Bertz CT molecular complexity index is 464. The number of aromatic hydroxyl groups is 1. The summed E-state index contributed by atoms with van der Waals surface area (Å²) in [5.74, 6) is -0.0710. The van der Waals surface area contributed by atoms with E-state index in [0.29, 0.717) is 0 Å². The number of nitro groups is 1. The summed E-state index contributed by atoms with van der Waals surface area (Å²) < 4.78 is 0. The molecule has 1 aliphatic carbocycles. The van der Waals surface area contributed by atoms with Crippen LogP contribution in [0.5, 0.6) is 5.75 Å². The van der Waals surface area contributed by atoms with Gasteiger partial charge in [-0.25, -0.2) is 0 Å². The predicted molar refractivity (Wildman–Crippen MR) is 71.3 cm³/mol. The summed E-state index contributed by atoms with van der Waals surface area (Å²) in [5, 5.41) is 20.9. The third-order valence-electron chi connectivity index (χ3n) is 3.33. The van der Waals surface area contributed by atoms with Gasteiger partial charge in [0.25, 0.3) is 5.69 Å². The highest BCUT2D eigenvalue weighted by Crippen LogP contribution is 2.44. The molecule has 0 aromatic heterocycles. The molecule has 0 aliphatic heterocycles. The van der Waals surface area contributed by atoms with Crippen LogP contribution in [0.1, 0.15) is 30.9 Å². The quantitative estimate of drug-likeness (QED) is 0.661. The minimum atomic E-state index is -0.538. The predicted octanol–water partition coefficient (Wildman–Crippen LogP) is 3.18. The molecule has 1 aromatic rings.